The second kappa shape index (κ2) is 4.73. The van der Waals surface area contributed by atoms with Gasteiger partial charge in [0.2, 0.25) is 0 Å². The summed E-state index contributed by atoms with van der Waals surface area (Å²) in [5.41, 5.74) is 7.94. The minimum Gasteiger partial charge on any atom is -0.326 e. The van der Waals surface area contributed by atoms with Crippen LogP contribution in [0.5, 0.6) is 0 Å². The summed E-state index contributed by atoms with van der Waals surface area (Å²) < 4.78 is 0. The predicted molar refractivity (Wildman–Crippen MR) is 64.2 cm³/mol. The summed E-state index contributed by atoms with van der Waals surface area (Å²) in [4.78, 5) is 12.0. The lowest BCUT2D eigenvalue weighted by Crippen LogP contribution is -2.02. The number of hydrogen-bond acceptors (Lipinski definition) is 2. The molecule has 0 aliphatic rings. The van der Waals surface area contributed by atoms with Crippen LogP contribution in [0, 0.1) is 0 Å². The minimum absolute atomic E-state index is 0.0455. The highest BCUT2D eigenvalue weighted by molar-refractivity contribution is 6.08. The van der Waals surface area contributed by atoms with E-state index in [0.717, 1.165) is 5.56 Å². The van der Waals surface area contributed by atoms with Gasteiger partial charge < -0.3 is 5.73 Å². The molecule has 0 saturated carbocycles. The van der Waals surface area contributed by atoms with Gasteiger partial charge in [-0.05, 0) is 5.56 Å². The number of hydrogen-bond donors (Lipinski definition) is 1. The Morgan fingerprint density at radius 1 is 0.875 bits per heavy atom. The average Bonchev–Trinajstić information content (AvgIpc) is 2.39. The molecule has 2 nitrogen and oxygen atoms in total. The summed E-state index contributed by atoms with van der Waals surface area (Å²) in [5.74, 6) is 0.0455. The zero-order chi connectivity index (χ0) is 11.4. The van der Waals surface area contributed by atoms with Gasteiger partial charge in [0, 0.05) is 17.7 Å². The Morgan fingerprint density at radius 2 is 1.44 bits per heavy atom. The van der Waals surface area contributed by atoms with E-state index in [0.29, 0.717) is 17.7 Å². The van der Waals surface area contributed by atoms with Crippen molar-refractivity contribution < 1.29 is 4.79 Å². The first-order valence-corrected chi connectivity index (χ1v) is 5.20. The summed E-state index contributed by atoms with van der Waals surface area (Å²) in [5, 5.41) is 0. The fraction of sp³-hybridized carbons (Fsp3) is 0.0714. The quantitative estimate of drug-likeness (QED) is 0.792. The van der Waals surface area contributed by atoms with E-state index in [9.17, 15) is 4.79 Å². The molecular formula is C14H13NO. The van der Waals surface area contributed by atoms with E-state index in [1.54, 1.807) is 0 Å². The van der Waals surface area contributed by atoms with Gasteiger partial charge in [-0.15, -0.1) is 0 Å². The van der Waals surface area contributed by atoms with E-state index < -0.39 is 0 Å². The molecule has 80 valence electrons. The van der Waals surface area contributed by atoms with Crippen molar-refractivity contribution in [2.75, 3.05) is 0 Å². The van der Waals surface area contributed by atoms with Gasteiger partial charge in [-0.1, -0.05) is 54.6 Å². The molecule has 0 bridgehead atoms. The molecule has 2 aromatic carbocycles. The highest BCUT2D eigenvalue weighted by Gasteiger charge is 2.07. The molecule has 16 heavy (non-hydrogen) atoms. The first-order valence-electron chi connectivity index (χ1n) is 5.20. The van der Waals surface area contributed by atoms with Crippen molar-refractivity contribution in [3.63, 3.8) is 0 Å². The van der Waals surface area contributed by atoms with Crippen LogP contribution in [0.4, 0.5) is 0 Å². The zero-order valence-electron chi connectivity index (χ0n) is 8.89. The summed E-state index contributed by atoms with van der Waals surface area (Å²) in [6.45, 7) is 0.500. The molecule has 2 N–H and O–H groups in total. The summed E-state index contributed by atoms with van der Waals surface area (Å²) >= 11 is 0. The highest BCUT2D eigenvalue weighted by atomic mass is 16.1. The SMILES string of the molecule is NCc1ccc(C(=O)c2ccccc2)cc1. The van der Waals surface area contributed by atoms with Crippen LogP contribution < -0.4 is 5.73 Å². The van der Waals surface area contributed by atoms with Gasteiger partial charge in [0.1, 0.15) is 0 Å². The zero-order valence-corrected chi connectivity index (χ0v) is 8.89. The standard InChI is InChI=1S/C14H13NO/c15-10-11-6-8-13(9-7-11)14(16)12-4-2-1-3-5-12/h1-9H,10,15H2. The van der Waals surface area contributed by atoms with E-state index >= 15 is 0 Å². The van der Waals surface area contributed by atoms with Crippen molar-refractivity contribution in [3.05, 3.63) is 71.3 Å². The Morgan fingerprint density at radius 3 is 2.00 bits per heavy atom. The fourth-order valence-electron chi connectivity index (χ4n) is 1.55. The van der Waals surface area contributed by atoms with Crippen LogP contribution >= 0.6 is 0 Å². The Labute approximate surface area is 94.7 Å². The third-order valence-electron chi connectivity index (χ3n) is 2.49. The average molecular weight is 211 g/mol. The van der Waals surface area contributed by atoms with Crippen molar-refractivity contribution in [2.45, 2.75) is 6.54 Å². The molecule has 0 aliphatic carbocycles. The molecule has 0 atom stereocenters. The van der Waals surface area contributed by atoms with E-state index in [-0.39, 0.29) is 5.78 Å². The molecule has 0 unspecified atom stereocenters. The van der Waals surface area contributed by atoms with Crippen LogP contribution in [-0.2, 0) is 6.54 Å². The molecule has 2 heteroatoms. The van der Waals surface area contributed by atoms with Crippen LogP contribution in [0.25, 0.3) is 0 Å². The smallest absolute Gasteiger partial charge is 0.193 e. The maximum absolute atomic E-state index is 12.0. The molecule has 2 rings (SSSR count). The van der Waals surface area contributed by atoms with Crippen molar-refractivity contribution in [3.8, 4) is 0 Å². The second-order valence-electron chi connectivity index (χ2n) is 3.60. The summed E-state index contributed by atoms with van der Waals surface area (Å²) in [6.07, 6.45) is 0. The van der Waals surface area contributed by atoms with Crippen molar-refractivity contribution in [1.82, 2.24) is 0 Å². The first kappa shape index (κ1) is 10.6. The van der Waals surface area contributed by atoms with E-state index in [1.165, 1.54) is 0 Å². The van der Waals surface area contributed by atoms with Crippen LogP contribution in [0.2, 0.25) is 0 Å². The van der Waals surface area contributed by atoms with Crippen molar-refractivity contribution in [2.24, 2.45) is 5.73 Å². The molecular weight excluding hydrogens is 198 g/mol. The van der Waals surface area contributed by atoms with Crippen molar-refractivity contribution in [1.29, 1.82) is 0 Å². The third kappa shape index (κ3) is 2.18. The molecule has 0 radical (unpaired) electrons. The number of nitrogens with two attached hydrogens (primary N) is 1. The lowest BCUT2D eigenvalue weighted by molar-refractivity contribution is 0.103. The predicted octanol–water partition coefficient (Wildman–Crippen LogP) is 2.38. The number of ketones is 1. The summed E-state index contributed by atoms with van der Waals surface area (Å²) in [6, 6.07) is 16.7. The Kier molecular flexibility index (Phi) is 3.13. The van der Waals surface area contributed by atoms with Gasteiger partial charge in [0.15, 0.2) is 5.78 Å². The van der Waals surface area contributed by atoms with E-state index in [1.807, 2.05) is 54.6 Å². The van der Waals surface area contributed by atoms with E-state index in [2.05, 4.69) is 0 Å². The lowest BCUT2D eigenvalue weighted by Gasteiger charge is -2.02. The number of benzene rings is 2. The van der Waals surface area contributed by atoms with Crippen molar-refractivity contribution >= 4 is 5.78 Å². The number of carbonyl (C=O) groups is 1. The molecule has 0 spiro atoms. The second-order valence-corrected chi connectivity index (χ2v) is 3.60. The maximum Gasteiger partial charge on any atom is 0.193 e. The van der Waals surface area contributed by atoms with E-state index in [4.69, 9.17) is 5.73 Å². The minimum atomic E-state index is 0.0455. The number of rotatable bonds is 3. The Bertz CT molecular complexity index is 474. The van der Waals surface area contributed by atoms with Gasteiger partial charge in [-0.2, -0.15) is 0 Å². The van der Waals surface area contributed by atoms with Gasteiger partial charge in [0.25, 0.3) is 0 Å². The highest BCUT2D eigenvalue weighted by Crippen LogP contribution is 2.10. The van der Waals surface area contributed by atoms with Crippen LogP contribution in [0.3, 0.4) is 0 Å². The molecule has 2 aromatic rings. The topological polar surface area (TPSA) is 43.1 Å². The number of carbonyl (C=O) groups excluding carboxylic acids is 1. The largest absolute Gasteiger partial charge is 0.326 e. The van der Waals surface area contributed by atoms with Gasteiger partial charge in [0.05, 0.1) is 0 Å². The fourth-order valence-corrected chi connectivity index (χ4v) is 1.55. The van der Waals surface area contributed by atoms with Crippen LogP contribution in [0.15, 0.2) is 54.6 Å². The van der Waals surface area contributed by atoms with Gasteiger partial charge in [-0.25, -0.2) is 0 Å². The molecule has 0 aliphatic heterocycles. The van der Waals surface area contributed by atoms with Gasteiger partial charge >= 0.3 is 0 Å². The summed E-state index contributed by atoms with van der Waals surface area (Å²) in [7, 11) is 0. The molecule has 0 saturated heterocycles. The monoisotopic (exact) mass is 211 g/mol. The molecule has 0 aromatic heterocycles. The van der Waals surface area contributed by atoms with Crippen LogP contribution in [0.1, 0.15) is 21.5 Å². The molecule has 0 fully saturated rings. The lowest BCUT2D eigenvalue weighted by atomic mass is 10.0. The molecule has 0 amide bonds. The van der Waals surface area contributed by atoms with Gasteiger partial charge in [-0.3, -0.25) is 4.79 Å². The first-order chi connectivity index (χ1) is 7.81. The Hall–Kier alpha value is -1.93. The normalized spacial score (nSPS) is 10.1. The molecule has 0 heterocycles. The van der Waals surface area contributed by atoms with Crippen LogP contribution in [-0.4, -0.2) is 5.78 Å². The Balaban J connectivity index is 2.28. The third-order valence-corrected chi connectivity index (χ3v) is 2.49. The maximum atomic E-state index is 12.0.